The molecule has 0 bridgehead atoms. The quantitative estimate of drug-likeness (QED) is 0.304. The van der Waals surface area contributed by atoms with Gasteiger partial charge in [-0.1, -0.05) is 91.0 Å². The molecule has 1 aromatic heterocycles. The molecule has 0 saturated carbocycles. The average Bonchev–Trinajstić information content (AvgIpc) is 3.49. The molecule has 0 saturated heterocycles. The van der Waals surface area contributed by atoms with Crippen molar-refractivity contribution in [3.8, 4) is 0 Å². The molecule has 5 rings (SSSR count). The minimum Gasteiger partial charge on any atom is -0.465 e. The summed E-state index contributed by atoms with van der Waals surface area (Å²) in [5, 5.41) is 3.74. The Morgan fingerprint density at radius 1 is 0.800 bits per heavy atom. The van der Waals surface area contributed by atoms with Gasteiger partial charge in [-0.25, -0.2) is 4.79 Å². The summed E-state index contributed by atoms with van der Waals surface area (Å²) in [4.78, 5) is 28.0. The summed E-state index contributed by atoms with van der Waals surface area (Å²) < 4.78 is 5.09. The zero-order valence-electron chi connectivity index (χ0n) is 19.6. The molecular weight excluding hydrogens is 454 g/mol. The van der Waals surface area contributed by atoms with Crippen LogP contribution in [0.3, 0.4) is 0 Å². The average molecular weight is 482 g/mol. The number of anilines is 1. The van der Waals surface area contributed by atoms with E-state index in [0.717, 1.165) is 41.5 Å². The first kappa shape index (κ1) is 23.1. The smallest absolute Gasteiger partial charge is 0.341 e. The van der Waals surface area contributed by atoms with Gasteiger partial charge >= 0.3 is 5.97 Å². The summed E-state index contributed by atoms with van der Waals surface area (Å²) in [7, 11) is 1.39. The number of hydrogen-bond donors (Lipinski definition) is 1. The first-order valence-electron chi connectivity index (χ1n) is 11.9. The van der Waals surface area contributed by atoms with E-state index in [4.69, 9.17) is 4.74 Å². The van der Waals surface area contributed by atoms with Crippen LogP contribution in [-0.2, 0) is 22.4 Å². The number of fused-ring (bicyclic) bond motifs is 1. The lowest BCUT2D eigenvalue weighted by Gasteiger charge is -2.28. The van der Waals surface area contributed by atoms with Gasteiger partial charge in [-0.05, 0) is 41.5 Å². The minimum atomic E-state index is -0.497. The van der Waals surface area contributed by atoms with E-state index in [9.17, 15) is 9.59 Å². The van der Waals surface area contributed by atoms with Gasteiger partial charge in [0.25, 0.3) is 0 Å². The van der Waals surface area contributed by atoms with Gasteiger partial charge in [0, 0.05) is 10.8 Å². The molecule has 1 aliphatic carbocycles. The van der Waals surface area contributed by atoms with Crippen molar-refractivity contribution in [2.45, 2.75) is 31.1 Å². The third-order valence-electron chi connectivity index (χ3n) is 6.64. The Bertz CT molecular complexity index is 1280. The molecule has 0 fully saturated rings. The molecule has 1 amide bonds. The van der Waals surface area contributed by atoms with Crippen molar-refractivity contribution in [3.63, 3.8) is 0 Å². The molecule has 176 valence electrons. The highest BCUT2D eigenvalue weighted by atomic mass is 32.1. The number of esters is 1. The van der Waals surface area contributed by atoms with Crippen molar-refractivity contribution in [1.82, 2.24) is 0 Å². The fraction of sp³-hybridized carbons (Fsp3) is 0.200. The number of carbonyl (C=O) groups is 2. The summed E-state index contributed by atoms with van der Waals surface area (Å²) in [6.45, 7) is 0. The highest BCUT2D eigenvalue weighted by molar-refractivity contribution is 7.17. The number of thiophene rings is 1. The number of rotatable bonds is 7. The topological polar surface area (TPSA) is 55.4 Å². The second-order valence-electron chi connectivity index (χ2n) is 8.73. The molecule has 0 spiro atoms. The van der Waals surface area contributed by atoms with E-state index >= 15 is 0 Å². The van der Waals surface area contributed by atoms with Crippen molar-refractivity contribution < 1.29 is 14.3 Å². The predicted octanol–water partition coefficient (Wildman–Crippen LogP) is 6.58. The molecule has 3 aromatic carbocycles. The van der Waals surface area contributed by atoms with E-state index in [0.29, 0.717) is 10.6 Å². The SMILES string of the molecule is COC(=O)c1c(NC(=O)C(c2ccccc2)C(c2ccccc2)c2ccccc2)sc2c1CCC2. The molecule has 1 unspecified atom stereocenters. The monoisotopic (exact) mass is 481 g/mol. The van der Waals surface area contributed by atoms with E-state index < -0.39 is 11.9 Å². The second-order valence-corrected chi connectivity index (χ2v) is 9.83. The van der Waals surface area contributed by atoms with Gasteiger partial charge in [-0.15, -0.1) is 11.3 Å². The van der Waals surface area contributed by atoms with Gasteiger partial charge in [0.2, 0.25) is 5.91 Å². The van der Waals surface area contributed by atoms with Gasteiger partial charge in [-0.3, -0.25) is 4.79 Å². The molecule has 5 heteroatoms. The van der Waals surface area contributed by atoms with Crippen LogP contribution in [0.1, 0.15) is 55.7 Å². The first-order chi connectivity index (χ1) is 17.2. The third kappa shape index (κ3) is 4.64. The molecular formula is C30H27NO3S. The van der Waals surface area contributed by atoms with Crippen molar-refractivity contribution in [2.24, 2.45) is 0 Å². The fourth-order valence-electron chi connectivity index (χ4n) is 5.05. The van der Waals surface area contributed by atoms with Crippen LogP contribution in [0.25, 0.3) is 0 Å². The Morgan fingerprint density at radius 3 is 1.89 bits per heavy atom. The maximum Gasteiger partial charge on any atom is 0.341 e. The summed E-state index contributed by atoms with van der Waals surface area (Å²) in [6.07, 6.45) is 2.79. The highest BCUT2D eigenvalue weighted by Crippen LogP contribution is 2.43. The number of hydrogen-bond acceptors (Lipinski definition) is 4. The number of methoxy groups -OCH3 is 1. The molecule has 0 aliphatic heterocycles. The predicted molar refractivity (Wildman–Crippen MR) is 140 cm³/mol. The van der Waals surface area contributed by atoms with Crippen LogP contribution in [-0.4, -0.2) is 19.0 Å². The fourth-order valence-corrected chi connectivity index (χ4v) is 6.33. The van der Waals surface area contributed by atoms with Crippen LogP contribution < -0.4 is 5.32 Å². The third-order valence-corrected chi connectivity index (χ3v) is 7.85. The van der Waals surface area contributed by atoms with Crippen molar-refractivity contribution in [1.29, 1.82) is 0 Å². The van der Waals surface area contributed by atoms with E-state index in [1.165, 1.54) is 23.3 Å². The van der Waals surface area contributed by atoms with E-state index in [-0.39, 0.29) is 11.8 Å². The van der Waals surface area contributed by atoms with E-state index in [2.05, 4.69) is 29.6 Å². The summed E-state index contributed by atoms with van der Waals surface area (Å²) in [5.41, 5.74) is 4.58. The zero-order chi connectivity index (χ0) is 24.2. The molecule has 1 heterocycles. The van der Waals surface area contributed by atoms with Crippen LogP contribution in [0, 0.1) is 0 Å². The number of ether oxygens (including phenoxy) is 1. The Balaban J connectivity index is 1.60. The summed E-state index contributed by atoms with van der Waals surface area (Å²) in [6, 6.07) is 30.1. The lowest BCUT2D eigenvalue weighted by atomic mass is 9.76. The van der Waals surface area contributed by atoms with Crippen LogP contribution in [0.15, 0.2) is 91.0 Å². The summed E-state index contributed by atoms with van der Waals surface area (Å²) >= 11 is 1.50. The lowest BCUT2D eigenvalue weighted by molar-refractivity contribution is -0.117. The minimum absolute atomic E-state index is 0.140. The van der Waals surface area contributed by atoms with Gasteiger partial charge in [0.15, 0.2) is 0 Å². The molecule has 4 aromatic rings. The number of benzene rings is 3. The molecule has 35 heavy (non-hydrogen) atoms. The highest BCUT2D eigenvalue weighted by Gasteiger charge is 2.35. The molecule has 4 nitrogen and oxygen atoms in total. The molecule has 0 radical (unpaired) electrons. The number of carbonyl (C=O) groups excluding carboxylic acids is 2. The van der Waals surface area contributed by atoms with Gasteiger partial charge in [-0.2, -0.15) is 0 Å². The van der Waals surface area contributed by atoms with Crippen LogP contribution in [0.5, 0.6) is 0 Å². The molecule has 1 N–H and O–H groups in total. The Labute approximate surface area is 209 Å². The second kappa shape index (κ2) is 10.3. The maximum absolute atomic E-state index is 14.1. The largest absolute Gasteiger partial charge is 0.465 e. The standard InChI is InChI=1S/C30H27NO3S/c1-34-30(33)27-23-18-11-19-24(23)35-29(27)31-28(32)26(22-16-9-4-10-17-22)25(20-12-5-2-6-13-20)21-14-7-3-8-15-21/h2-10,12-17,25-26H,11,18-19H2,1H3,(H,31,32). The van der Waals surface area contributed by atoms with E-state index in [1.54, 1.807) is 0 Å². The van der Waals surface area contributed by atoms with Gasteiger partial charge < -0.3 is 10.1 Å². The number of amides is 1. The van der Waals surface area contributed by atoms with Crippen LogP contribution >= 0.6 is 11.3 Å². The Kier molecular flexibility index (Phi) is 6.77. The van der Waals surface area contributed by atoms with Crippen LogP contribution in [0.4, 0.5) is 5.00 Å². The first-order valence-corrected chi connectivity index (χ1v) is 12.7. The van der Waals surface area contributed by atoms with Crippen LogP contribution in [0.2, 0.25) is 0 Å². The Morgan fingerprint density at radius 2 is 1.34 bits per heavy atom. The maximum atomic E-state index is 14.1. The van der Waals surface area contributed by atoms with Gasteiger partial charge in [0.1, 0.15) is 5.00 Å². The normalized spacial score (nSPS) is 13.3. The summed E-state index contributed by atoms with van der Waals surface area (Å²) in [5.74, 6) is -1.23. The Hall–Kier alpha value is -3.70. The van der Waals surface area contributed by atoms with Gasteiger partial charge in [0.05, 0.1) is 18.6 Å². The lowest BCUT2D eigenvalue weighted by Crippen LogP contribution is -2.27. The molecule has 1 atom stereocenters. The number of aryl methyl sites for hydroxylation is 1. The van der Waals surface area contributed by atoms with E-state index in [1.807, 2.05) is 66.7 Å². The van der Waals surface area contributed by atoms with Crippen molar-refractivity contribution in [3.05, 3.63) is 124 Å². The van der Waals surface area contributed by atoms with Crippen molar-refractivity contribution in [2.75, 3.05) is 12.4 Å². The van der Waals surface area contributed by atoms with Crippen molar-refractivity contribution >= 4 is 28.2 Å². The number of nitrogens with one attached hydrogen (secondary N) is 1. The zero-order valence-corrected chi connectivity index (χ0v) is 20.4. The molecule has 1 aliphatic rings.